The summed E-state index contributed by atoms with van der Waals surface area (Å²) in [6.45, 7) is 4.05. The number of anilines is 1. The molecular weight excluding hydrogens is 410 g/mol. The second-order valence-corrected chi connectivity index (χ2v) is 6.65. The molecule has 22 heavy (non-hydrogen) atoms. The maximum atomic E-state index is 12.0. The second-order valence-electron chi connectivity index (χ2n) is 4.94. The Morgan fingerprint density at radius 3 is 2.55 bits per heavy atom. The van der Waals surface area contributed by atoms with Crippen molar-refractivity contribution in [2.24, 2.45) is 0 Å². The van der Waals surface area contributed by atoms with Crippen LogP contribution >= 0.6 is 31.9 Å². The fourth-order valence-electron chi connectivity index (χ4n) is 1.93. The average molecular weight is 427 g/mol. The van der Waals surface area contributed by atoms with Gasteiger partial charge in [-0.25, -0.2) is 0 Å². The van der Waals surface area contributed by atoms with Gasteiger partial charge < -0.3 is 10.1 Å². The molecule has 0 aromatic heterocycles. The summed E-state index contributed by atoms with van der Waals surface area (Å²) in [6.07, 6.45) is 0.956. The minimum absolute atomic E-state index is 0.0381. The molecular formula is C17H17Br2NO2. The zero-order valence-corrected chi connectivity index (χ0v) is 15.6. The van der Waals surface area contributed by atoms with Crippen molar-refractivity contribution in [3.05, 3.63) is 56.5 Å². The molecule has 0 radical (unpaired) electrons. The monoisotopic (exact) mass is 425 g/mol. The lowest BCUT2D eigenvalue weighted by molar-refractivity contribution is -0.118. The van der Waals surface area contributed by atoms with Crippen LogP contribution in [0.4, 0.5) is 5.69 Å². The van der Waals surface area contributed by atoms with Gasteiger partial charge in [-0.05, 0) is 80.6 Å². The first-order valence-corrected chi connectivity index (χ1v) is 8.55. The first-order valence-electron chi connectivity index (χ1n) is 6.97. The van der Waals surface area contributed by atoms with Gasteiger partial charge in [0.25, 0.3) is 5.91 Å². The number of nitrogens with one attached hydrogen (secondary N) is 1. The van der Waals surface area contributed by atoms with E-state index in [1.807, 2.05) is 43.3 Å². The van der Waals surface area contributed by atoms with E-state index in [-0.39, 0.29) is 12.5 Å². The summed E-state index contributed by atoms with van der Waals surface area (Å²) in [5, 5.41) is 2.84. The summed E-state index contributed by atoms with van der Waals surface area (Å²) < 4.78 is 7.25. The Kier molecular flexibility index (Phi) is 6.03. The predicted molar refractivity (Wildman–Crippen MR) is 96.5 cm³/mol. The number of rotatable bonds is 5. The third-order valence-corrected chi connectivity index (χ3v) is 4.44. The van der Waals surface area contributed by atoms with E-state index in [2.05, 4.69) is 44.1 Å². The van der Waals surface area contributed by atoms with Crippen molar-refractivity contribution in [3.8, 4) is 5.75 Å². The van der Waals surface area contributed by atoms with Crippen LogP contribution in [0.5, 0.6) is 5.75 Å². The van der Waals surface area contributed by atoms with Crippen LogP contribution in [0, 0.1) is 6.92 Å². The van der Waals surface area contributed by atoms with Gasteiger partial charge in [0.1, 0.15) is 5.75 Å². The number of halogens is 2. The summed E-state index contributed by atoms with van der Waals surface area (Å²) in [7, 11) is 0. The molecule has 0 atom stereocenters. The lowest BCUT2D eigenvalue weighted by atomic mass is 10.1. The highest BCUT2D eigenvalue weighted by Crippen LogP contribution is 2.26. The molecule has 116 valence electrons. The number of hydrogen-bond donors (Lipinski definition) is 1. The Bertz CT molecular complexity index is 686. The molecule has 5 heteroatoms. The summed E-state index contributed by atoms with van der Waals surface area (Å²) in [6, 6.07) is 11.6. The van der Waals surface area contributed by atoms with Gasteiger partial charge in [0.2, 0.25) is 0 Å². The quantitative estimate of drug-likeness (QED) is 0.722. The molecule has 0 bridgehead atoms. The third kappa shape index (κ3) is 4.58. The zero-order valence-electron chi connectivity index (χ0n) is 12.5. The molecule has 0 fully saturated rings. The van der Waals surface area contributed by atoms with Gasteiger partial charge in [-0.1, -0.05) is 19.1 Å². The van der Waals surface area contributed by atoms with Crippen molar-refractivity contribution in [2.45, 2.75) is 20.3 Å². The van der Waals surface area contributed by atoms with Gasteiger partial charge in [0.15, 0.2) is 6.61 Å². The summed E-state index contributed by atoms with van der Waals surface area (Å²) in [4.78, 5) is 12.0. The molecule has 2 rings (SSSR count). The Hall–Kier alpha value is -1.33. The van der Waals surface area contributed by atoms with Crippen LogP contribution in [-0.4, -0.2) is 12.5 Å². The molecule has 0 spiro atoms. The number of hydrogen-bond acceptors (Lipinski definition) is 2. The highest BCUT2D eigenvalue weighted by Gasteiger charge is 2.08. The SMILES string of the molecule is CCc1ccc(NC(=O)COc2ccc(C)cc2Br)c(Br)c1. The van der Waals surface area contributed by atoms with E-state index in [9.17, 15) is 4.79 Å². The van der Waals surface area contributed by atoms with Crippen LogP contribution in [0.1, 0.15) is 18.1 Å². The number of benzene rings is 2. The summed E-state index contributed by atoms with van der Waals surface area (Å²) in [5.41, 5.74) is 3.09. The van der Waals surface area contributed by atoms with Crippen LogP contribution < -0.4 is 10.1 Å². The van der Waals surface area contributed by atoms with E-state index in [1.165, 1.54) is 5.56 Å². The van der Waals surface area contributed by atoms with Crippen LogP contribution in [0.25, 0.3) is 0 Å². The Morgan fingerprint density at radius 1 is 1.14 bits per heavy atom. The predicted octanol–water partition coefficient (Wildman–Crippen LogP) is 5.10. The highest BCUT2D eigenvalue weighted by molar-refractivity contribution is 9.11. The normalized spacial score (nSPS) is 10.4. The molecule has 0 aliphatic carbocycles. The maximum absolute atomic E-state index is 12.0. The first-order chi connectivity index (χ1) is 10.5. The largest absolute Gasteiger partial charge is 0.483 e. The molecule has 0 aliphatic heterocycles. The van der Waals surface area contributed by atoms with Gasteiger partial charge in [-0.3, -0.25) is 4.79 Å². The summed E-state index contributed by atoms with van der Waals surface area (Å²) >= 11 is 6.90. The van der Waals surface area contributed by atoms with E-state index >= 15 is 0 Å². The Labute approximate surface area is 147 Å². The van der Waals surface area contributed by atoms with Gasteiger partial charge in [-0.15, -0.1) is 0 Å². The number of carbonyl (C=O) groups is 1. The number of ether oxygens (including phenoxy) is 1. The summed E-state index contributed by atoms with van der Waals surface area (Å²) in [5.74, 6) is 0.457. The first kappa shape index (κ1) is 17.0. The minimum atomic E-state index is -0.197. The average Bonchev–Trinajstić information content (AvgIpc) is 2.48. The van der Waals surface area contributed by atoms with E-state index < -0.39 is 0 Å². The molecule has 0 heterocycles. The number of amides is 1. The van der Waals surface area contributed by atoms with E-state index in [0.717, 1.165) is 26.6 Å². The molecule has 2 aromatic carbocycles. The van der Waals surface area contributed by atoms with Crippen LogP contribution in [0.3, 0.4) is 0 Å². The van der Waals surface area contributed by atoms with Gasteiger partial charge >= 0.3 is 0 Å². The second kappa shape index (κ2) is 7.79. The number of aryl methyl sites for hydroxylation is 2. The minimum Gasteiger partial charge on any atom is -0.483 e. The standard InChI is InChI=1S/C17H17Br2NO2/c1-3-12-5-6-15(13(18)9-12)20-17(21)10-22-16-7-4-11(2)8-14(16)19/h4-9H,3,10H2,1-2H3,(H,20,21). The van der Waals surface area contributed by atoms with E-state index in [4.69, 9.17) is 4.74 Å². The molecule has 1 N–H and O–H groups in total. The van der Waals surface area contributed by atoms with Gasteiger partial charge in [-0.2, -0.15) is 0 Å². The Balaban J connectivity index is 1.95. The van der Waals surface area contributed by atoms with Crippen LogP contribution in [0.2, 0.25) is 0 Å². The maximum Gasteiger partial charge on any atom is 0.262 e. The van der Waals surface area contributed by atoms with Crippen molar-refractivity contribution in [1.29, 1.82) is 0 Å². The molecule has 0 aliphatic rings. The van der Waals surface area contributed by atoms with Crippen LogP contribution in [-0.2, 0) is 11.2 Å². The molecule has 0 unspecified atom stereocenters. The van der Waals surface area contributed by atoms with E-state index in [0.29, 0.717) is 5.75 Å². The fraction of sp³-hybridized carbons (Fsp3) is 0.235. The van der Waals surface area contributed by atoms with Crippen molar-refractivity contribution in [2.75, 3.05) is 11.9 Å². The molecule has 2 aromatic rings. The fourth-order valence-corrected chi connectivity index (χ4v) is 3.07. The lowest BCUT2D eigenvalue weighted by Gasteiger charge is -2.11. The van der Waals surface area contributed by atoms with E-state index in [1.54, 1.807) is 0 Å². The Morgan fingerprint density at radius 2 is 1.91 bits per heavy atom. The van der Waals surface area contributed by atoms with Gasteiger partial charge in [0, 0.05) is 4.47 Å². The molecule has 1 amide bonds. The lowest BCUT2D eigenvalue weighted by Crippen LogP contribution is -2.20. The highest BCUT2D eigenvalue weighted by atomic mass is 79.9. The van der Waals surface area contributed by atoms with Crippen molar-refractivity contribution in [3.63, 3.8) is 0 Å². The molecule has 3 nitrogen and oxygen atoms in total. The third-order valence-electron chi connectivity index (χ3n) is 3.16. The smallest absolute Gasteiger partial charge is 0.262 e. The molecule has 0 saturated heterocycles. The molecule has 0 saturated carbocycles. The number of carbonyl (C=O) groups excluding carboxylic acids is 1. The van der Waals surface area contributed by atoms with Crippen molar-refractivity contribution < 1.29 is 9.53 Å². The van der Waals surface area contributed by atoms with Gasteiger partial charge in [0.05, 0.1) is 10.2 Å². The topological polar surface area (TPSA) is 38.3 Å². The van der Waals surface area contributed by atoms with Crippen LogP contribution in [0.15, 0.2) is 45.3 Å². The van der Waals surface area contributed by atoms with Crippen molar-refractivity contribution in [1.82, 2.24) is 0 Å². The zero-order chi connectivity index (χ0) is 16.1. The van der Waals surface area contributed by atoms with Crippen molar-refractivity contribution >= 4 is 43.5 Å².